The second-order valence-corrected chi connectivity index (χ2v) is 9.75. The number of aliphatic hydroxyl groups excluding tert-OH is 8. The van der Waals surface area contributed by atoms with E-state index in [1.165, 1.54) is 22.7 Å². The first kappa shape index (κ1) is 25.5. The molecule has 8 N–H and O–H groups in total. The van der Waals surface area contributed by atoms with Gasteiger partial charge in [0.25, 0.3) is 0 Å². The van der Waals surface area contributed by atoms with Crippen molar-refractivity contribution >= 4 is 32.1 Å². The van der Waals surface area contributed by atoms with Gasteiger partial charge < -0.3 is 50.3 Å². The lowest BCUT2D eigenvalue weighted by atomic mass is 9.95. The third-order valence-electron chi connectivity index (χ3n) is 5.77. The standard InChI is InChI=1S/C22H24O10S2/c23-5-13-17(27)19(29)15(25)11(31-13)3-1-9-7-33-22-10(8-34-21(9)22)2-4-12-16(26)20(30)18(28)14(6-24)32-12/h7-8,11-20,23-30H,5-6H2. The maximum Gasteiger partial charge on any atom is 0.147 e. The Labute approximate surface area is 202 Å². The molecule has 184 valence electrons. The topological polar surface area (TPSA) is 180 Å². The van der Waals surface area contributed by atoms with Gasteiger partial charge in [0.15, 0.2) is 0 Å². The van der Waals surface area contributed by atoms with Crippen molar-refractivity contribution in [3.8, 4) is 23.7 Å². The van der Waals surface area contributed by atoms with Gasteiger partial charge in [-0.25, -0.2) is 0 Å². The molecular formula is C22H24O10S2. The number of thiophene rings is 2. The van der Waals surface area contributed by atoms with E-state index in [1.807, 2.05) is 0 Å². The number of fused-ring (bicyclic) bond motifs is 1. The van der Waals surface area contributed by atoms with E-state index in [0.29, 0.717) is 11.1 Å². The smallest absolute Gasteiger partial charge is 0.147 e. The van der Waals surface area contributed by atoms with Gasteiger partial charge in [-0.15, -0.1) is 22.7 Å². The summed E-state index contributed by atoms with van der Waals surface area (Å²) in [5.74, 6) is 11.3. The van der Waals surface area contributed by atoms with Crippen molar-refractivity contribution in [1.29, 1.82) is 0 Å². The molecule has 2 saturated heterocycles. The zero-order valence-corrected chi connectivity index (χ0v) is 19.2. The summed E-state index contributed by atoms with van der Waals surface area (Å²) < 4.78 is 12.4. The van der Waals surface area contributed by atoms with Crippen molar-refractivity contribution in [2.75, 3.05) is 13.2 Å². The van der Waals surface area contributed by atoms with Gasteiger partial charge in [0.2, 0.25) is 0 Å². The molecule has 0 bridgehead atoms. The van der Waals surface area contributed by atoms with Crippen LogP contribution in [0.2, 0.25) is 0 Å². The Hall–Kier alpha value is -1.62. The van der Waals surface area contributed by atoms with Gasteiger partial charge in [0, 0.05) is 10.8 Å². The van der Waals surface area contributed by atoms with Crippen molar-refractivity contribution in [3.63, 3.8) is 0 Å². The summed E-state index contributed by atoms with van der Waals surface area (Å²) in [5, 5.41) is 82.0. The van der Waals surface area contributed by atoms with E-state index in [4.69, 9.17) is 9.47 Å². The van der Waals surface area contributed by atoms with Crippen LogP contribution in [0.4, 0.5) is 0 Å². The minimum Gasteiger partial charge on any atom is -0.394 e. The van der Waals surface area contributed by atoms with Crippen LogP contribution in [0.3, 0.4) is 0 Å². The fourth-order valence-corrected chi connectivity index (χ4v) is 5.90. The molecule has 0 radical (unpaired) electrons. The number of ether oxygens (including phenoxy) is 2. The zero-order chi connectivity index (χ0) is 24.6. The minimum absolute atomic E-state index is 0.535. The first-order valence-corrected chi connectivity index (χ1v) is 12.2. The predicted octanol–water partition coefficient (Wildman–Crippen LogP) is -2.65. The Bertz CT molecular complexity index is 1030. The molecule has 34 heavy (non-hydrogen) atoms. The third-order valence-corrected chi connectivity index (χ3v) is 7.92. The third kappa shape index (κ3) is 4.74. The Balaban J connectivity index is 1.54. The molecule has 10 atom stereocenters. The summed E-state index contributed by atoms with van der Waals surface area (Å²) >= 11 is 2.75. The average molecular weight is 513 g/mol. The molecule has 0 spiro atoms. The lowest BCUT2D eigenvalue weighted by Gasteiger charge is -2.37. The van der Waals surface area contributed by atoms with Crippen molar-refractivity contribution < 1.29 is 50.3 Å². The highest BCUT2D eigenvalue weighted by atomic mass is 32.1. The molecular weight excluding hydrogens is 488 g/mol. The second kappa shape index (κ2) is 10.6. The molecule has 2 aromatic rings. The normalized spacial score (nSPS) is 38.1. The first-order chi connectivity index (χ1) is 16.3. The number of rotatable bonds is 2. The molecule has 4 rings (SSSR count). The molecule has 0 amide bonds. The second-order valence-electron chi connectivity index (χ2n) is 7.99. The Kier molecular flexibility index (Phi) is 7.91. The molecule has 0 aliphatic carbocycles. The van der Waals surface area contributed by atoms with Crippen LogP contribution in [0, 0.1) is 23.7 Å². The average Bonchev–Trinajstić information content (AvgIpc) is 3.43. The minimum atomic E-state index is -1.50. The van der Waals surface area contributed by atoms with Gasteiger partial charge in [-0.3, -0.25) is 0 Å². The number of hydrogen-bond acceptors (Lipinski definition) is 12. The molecule has 0 saturated carbocycles. The molecule has 10 unspecified atom stereocenters. The van der Waals surface area contributed by atoms with Crippen LogP contribution in [-0.2, 0) is 9.47 Å². The van der Waals surface area contributed by atoms with Crippen molar-refractivity contribution in [2.24, 2.45) is 0 Å². The Morgan fingerprint density at radius 3 is 1.35 bits per heavy atom. The lowest BCUT2D eigenvalue weighted by Crippen LogP contribution is -2.58. The highest BCUT2D eigenvalue weighted by Gasteiger charge is 2.43. The lowest BCUT2D eigenvalue weighted by molar-refractivity contribution is -0.214. The molecule has 2 aromatic heterocycles. The van der Waals surface area contributed by atoms with Crippen molar-refractivity contribution in [1.82, 2.24) is 0 Å². The maximum absolute atomic E-state index is 10.1. The van der Waals surface area contributed by atoms with E-state index >= 15 is 0 Å². The Morgan fingerprint density at radius 2 is 1.00 bits per heavy atom. The van der Waals surface area contributed by atoms with Crippen LogP contribution in [0.1, 0.15) is 11.1 Å². The summed E-state index contributed by atoms with van der Waals surface area (Å²) in [6.45, 7) is -1.07. The predicted molar refractivity (Wildman–Crippen MR) is 121 cm³/mol. The van der Waals surface area contributed by atoms with E-state index in [9.17, 15) is 40.9 Å². The number of aliphatic hydroxyl groups is 8. The molecule has 4 heterocycles. The molecule has 10 nitrogen and oxygen atoms in total. The van der Waals surface area contributed by atoms with Crippen LogP contribution in [0.15, 0.2) is 10.8 Å². The monoisotopic (exact) mass is 512 g/mol. The van der Waals surface area contributed by atoms with Gasteiger partial charge in [-0.05, 0) is 0 Å². The SMILES string of the molecule is OCC1OC(C#Cc2csc3c(C#CC4OC(CO)C(O)C(O)C4O)csc23)C(O)C(O)C1O. The molecule has 2 fully saturated rings. The van der Waals surface area contributed by atoms with Crippen molar-refractivity contribution in [3.05, 3.63) is 21.9 Å². The van der Waals surface area contributed by atoms with E-state index < -0.39 is 74.3 Å². The van der Waals surface area contributed by atoms with Crippen LogP contribution >= 0.6 is 22.7 Å². The number of hydrogen-bond donors (Lipinski definition) is 8. The van der Waals surface area contributed by atoms with Crippen LogP contribution in [-0.4, -0.2) is 115 Å². The van der Waals surface area contributed by atoms with Crippen LogP contribution < -0.4 is 0 Å². The summed E-state index contributed by atoms with van der Waals surface area (Å²) in [7, 11) is 0. The molecule has 2 aliphatic heterocycles. The van der Waals surface area contributed by atoms with Gasteiger partial charge >= 0.3 is 0 Å². The molecule has 2 aliphatic rings. The van der Waals surface area contributed by atoms with Crippen molar-refractivity contribution in [2.45, 2.75) is 61.0 Å². The summed E-state index contributed by atoms with van der Waals surface area (Å²) in [4.78, 5) is 0. The van der Waals surface area contributed by atoms with Gasteiger partial charge in [-0.2, -0.15) is 0 Å². The highest BCUT2D eigenvalue weighted by Crippen LogP contribution is 2.34. The fourth-order valence-electron chi connectivity index (χ4n) is 3.73. The quantitative estimate of drug-likeness (QED) is 0.198. The van der Waals surface area contributed by atoms with E-state index in [2.05, 4.69) is 23.7 Å². The summed E-state index contributed by atoms with van der Waals surface area (Å²) in [6, 6.07) is 0. The highest BCUT2D eigenvalue weighted by molar-refractivity contribution is 7.26. The van der Waals surface area contributed by atoms with Crippen LogP contribution in [0.25, 0.3) is 9.40 Å². The summed E-state index contributed by atoms with van der Waals surface area (Å²) in [6.07, 6.45) is -13.1. The largest absolute Gasteiger partial charge is 0.394 e. The summed E-state index contributed by atoms with van der Waals surface area (Å²) in [5.41, 5.74) is 1.28. The Morgan fingerprint density at radius 1 is 0.618 bits per heavy atom. The molecule has 0 aromatic carbocycles. The van der Waals surface area contributed by atoms with E-state index in [1.54, 1.807) is 10.8 Å². The van der Waals surface area contributed by atoms with Crippen LogP contribution in [0.5, 0.6) is 0 Å². The van der Waals surface area contributed by atoms with Gasteiger partial charge in [0.05, 0.1) is 33.7 Å². The van der Waals surface area contributed by atoms with Gasteiger partial charge in [0.1, 0.15) is 61.0 Å². The maximum atomic E-state index is 10.1. The van der Waals surface area contributed by atoms with Gasteiger partial charge in [-0.1, -0.05) is 23.7 Å². The molecule has 12 heteroatoms. The van der Waals surface area contributed by atoms with E-state index in [-0.39, 0.29) is 0 Å². The first-order valence-electron chi connectivity index (χ1n) is 10.4. The zero-order valence-electron chi connectivity index (χ0n) is 17.6. The fraction of sp³-hybridized carbons (Fsp3) is 0.545. The van der Waals surface area contributed by atoms with E-state index in [0.717, 1.165) is 9.40 Å².